The van der Waals surface area contributed by atoms with Gasteiger partial charge in [0, 0.05) is 6.04 Å². The Kier molecular flexibility index (Phi) is 5.31. The Balaban J connectivity index is 3.06. The van der Waals surface area contributed by atoms with E-state index in [0.717, 1.165) is 6.07 Å². The van der Waals surface area contributed by atoms with Gasteiger partial charge in [0.15, 0.2) is 0 Å². The van der Waals surface area contributed by atoms with Gasteiger partial charge in [-0.2, -0.15) is 5.26 Å². The molecule has 0 aromatic heterocycles. The first kappa shape index (κ1) is 15.0. The first-order valence-electron chi connectivity index (χ1n) is 6.11. The summed E-state index contributed by atoms with van der Waals surface area (Å²) in [5.41, 5.74) is 0.741. The molecule has 0 saturated carbocycles. The predicted octanol–water partition coefficient (Wildman–Crippen LogP) is 2.48. The first-order valence-corrected chi connectivity index (χ1v) is 6.11. The summed E-state index contributed by atoms with van der Waals surface area (Å²) in [6, 6.07) is 5.88. The molecule has 0 radical (unpaired) electrons. The number of esters is 1. The topological polar surface area (TPSA) is 53.3 Å². The number of hydrogen-bond donors (Lipinski definition) is 0. The number of anilines is 1. The van der Waals surface area contributed by atoms with Crippen molar-refractivity contribution in [3.05, 3.63) is 29.6 Å². The number of carbonyl (C=O) groups is 1. The van der Waals surface area contributed by atoms with Crippen LogP contribution in [0.1, 0.15) is 26.3 Å². The molecule has 0 heterocycles. The molecule has 1 aromatic carbocycles. The van der Waals surface area contributed by atoms with Gasteiger partial charge < -0.3 is 9.64 Å². The molecule has 0 aliphatic carbocycles. The van der Waals surface area contributed by atoms with E-state index in [1.165, 1.54) is 12.1 Å². The molecule has 0 amide bonds. The molecule has 1 rings (SSSR count). The van der Waals surface area contributed by atoms with Crippen molar-refractivity contribution >= 4 is 11.7 Å². The molecule has 0 unspecified atom stereocenters. The summed E-state index contributed by atoms with van der Waals surface area (Å²) < 4.78 is 18.0. The summed E-state index contributed by atoms with van der Waals surface area (Å²) in [4.78, 5) is 13.3. The second-order valence-corrected chi connectivity index (χ2v) is 4.30. The van der Waals surface area contributed by atoms with Gasteiger partial charge in [-0.25, -0.2) is 4.39 Å². The first-order chi connectivity index (χ1) is 8.99. The molecular formula is C14H17FN2O2. The SMILES string of the molecule is CCOC(=O)CN(c1ccc(F)cc1C#N)C(C)C. The van der Waals surface area contributed by atoms with Gasteiger partial charge in [0.25, 0.3) is 0 Å². The van der Waals surface area contributed by atoms with Gasteiger partial charge in [-0.3, -0.25) is 4.79 Å². The van der Waals surface area contributed by atoms with E-state index in [1.807, 2.05) is 19.9 Å². The molecule has 0 fully saturated rings. The van der Waals surface area contributed by atoms with Crippen molar-refractivity contribution in [1.29, 1.82) is 5.26 Å². The van der Waals surface area contributed by atoms with Crippen LogP contribution in [0.15, 0.2) is 18.2 Å². The number of hydrogen-bond acceptors (Lipinski definition) is 4. The molecule has 4 nitrogen and oxygen atoms in total. The third-order valence-corrected chi connectivity index (χ3v) is 2.62. The number of halogens is 1. The van der Waals surface area contributed by atoms with Gasteiger partial charge in [0.1, 0.15) is 18.4 Å². The number of ether oxygens (including phenoxy) is 1. The largest absolute Gasteiger partial charge is 0.465 e. The Labute approximate surface area is 112 Å². The predicted molar refractivity (Wildman–Crippen MR) is 70.2 cm³/mol. The van der Waals surface area contributed by atoms with Crippen LogP contribution in [0.25, 0.3) is 0 Å². The van der Waals surface area contributed by atoms with Crippen LogP contribution < -0.4 is 4.90 Å². The fourth-order valence-electron chi connectivity index (χ4n) is 1.74. The fraction of sp³-hybridized carbons (Fsp3) is 0.429. The summed E-state index contributed by atoms with van der Waals surface area (Å²) >= 11 is 0. The third-order valence-electron chi connectivity index (χ3n) is 2.62. The van der Waals surface area contributed by atoms with Gasteiger partial charge >= 0.3 is 5.97 Å². The molecule has 0 atom stereocenters. The van der Waals surface area contributed by atoms with Crippen LogP contribution in [0.3, 0.4) is 0 Å². The fourth-order valence-corrected chi connectivity index (χ4v) is 1.74. The minimum Gasteiger partial charge on any atom is -0.465 e. The number of rotatable bonds is 5. The summed E-state index contributed by atoms with van der Waals surface area (Å²) in [6.07, 6.45) is 0. The third kappa shape index (κ3) is 3.95. The van der Waals surface area contributed by atoms with Gasteiger partial charge in [0.2, 0.25) is 0 Å². The molecule has 0 aliphatic heterocycles. The van der Waals surface area contributed by atoms with E-state index in [9.17, 15) is 9.18 Å². The van der Waals surface area contributed by atoms with E-state index < -0.39 is 5.82 Å². The highest BCUT2D eigenvalue weighted by molar-refractivity contribution is 5.77. The lowest BCUT2D eigenvalue weighted by Crippen LogP contribution is -2.37. The van der Waals surface area contributed by atoms with E-state index in [4.69, 9.17) is 10.00 Å². The van der Waals surface area contributed by atoms with E-state index in [1.54, 1.807) is 11.8 Å². The van der Waals surface area contributed by atoms with Crippen LogP contribution in [-0.2, 0) is 9.53 Å². The molecule has 19 heavy (non-hydrogen) atoms. The Morgan fingerprint density at radius 1 is 1.53 bits per heavy atom. The number of nitrogens with zero attached hydrogens (tertiary/aromatic N) is 2. The molecular weight excluding hydrogens is 247 g/mol. The molecule has 0 saturated heterocycles. The Bertz CT molecular complexity index is 495. The van der Waals surface area contributed by atoms with Crippen LogP contribution in [0.4, 0.5) is 10.1 Å². The van der Waals surface area contributed by atoms with Gasteiger partial charge in [-0.05, 0) is 39.0 Å². The maximum absolute atomic E-state index is 13.1. The van der Waals surface area contributed by atoms with Gasteiger partial charge in [-0.1, -0.05) is 0 Å². The lowest BCUT2D eigenvalue weighted by molar-refractivity contribution is -0.141. The summed E-state index contributed by atoms with van der Waals surface area (Å²) in [7, 11) is 0. The summed E-state index contributed by atoms with van der Waals surface area (Å²) in [5, 5.41) is 9.05. The van der Waals surface area contributed by atoms with Crippen molar-refractivity contribution in [1.82, 2.24) is 0 Å². The molecule has 0 aliphatic rings. The van der Waals surface area contributed by atoms with E-state index in [0.29, 0.717) is 12.3 Å². The van der Waals surface area contributed by atoms with Crippen molar-refractivity contribution in [2.45, 2.75) is 26.8 Å². The zero-order chi connectivity index (χ0) is 14.4. The van der Waals surface area contributed by atoms with Crippen molar-refractivity contribution in [2.24, 2.45) is 0 Å². The van der Waals surface area contributed by atoms with E-state index in [2.05, 4.69) is 0 Å². The van der Waals surface area contributed by atoms with Crippen LogP contribution in [0.5, 0.6) is 0 Å². The summed E-state index contributed by atoms with van der Waals surface area (Å²) in [5.74, 6) is -0.843. The van der Waals surface area contributed by atoms with Crippen molar-refractivity contribution < 1.29 is 13.9 Å². The quantitative estimate of drug-likeness (QED) is 0.767. The standard InChI is InChI=1S/C14H17FN2O2/c1-4-19-14(18)9-17(10(2)3)13-6-5-12(15)7-11(13)8-16/h5-7,10H,4,9H2,1-3H3. The van der Waals surface area contributed by atoms with E-state index in [-0.39, 0.29) is 24.1 Å². The van der Waals surface area contributed by atoms with Crippen LogP contribution >= 0.6 is 0 Å². The monoisotopic (exact) mass is 264 g/mol. The zero-order valence-electron chi connectivity index (χ0n) is 11.3. The van der Waals surface area contributed by atoms with Gasteiger partial charge in [0.05, 0.1) is 17.9 Å². The summed E-state index contributed by atoms with van der Waals surface area (Å²) in [6.45, 7) is 5.86. The molecule has 102 valence electrons. The second-order valence-electron chi connectivity index (χ2n) is 4.30. The normalized spacial score (nSPS) is 10.1. The molecule has 0 spiro atoms. The molecule has 1 aromatic rings. The van der Waals surface area contributed by atoms with Crippen LogP contribution in [-0.4, -0.2) is 25.2 Å². The highest BCUT2D eigenvalue weighted by Gasteiger charge is 2.18. The minimum atomic E-state index is -0.472. The van der Waals surface area contributed by atoms with Crippen LogP contribution in [0.2, 0.25) is 0 Å². The lowest BCUT2D eigenvalue weighted by atomic mass is 10.1. The number of benzene rings is 1. The highest BCUT2D eigenvalue weighted by atomic mass is 19.1. The van der Waals surface area contributed by atoms with Crippen molar-refractivity contribution in [3.63, 3.8) is 0 Å². The van der Waals surface area contributed by atoms with Crippen molar-refractivity contribution in [3.8, 4) is 6.07 Å². The van der Waals surface area contributed by atoms with Crippen LogP contribution in [0, 0.1) is 17.1 Å². The smallest absolute Gasteiger partial charge is 0.325 e. The average Bonchev–Trinajstić information content (AvgIpc) is 2.36. The maximum Gasteiger partial charge on any atom is 0.325 e. The molecule has 0 N–H and O–H groups in total. The molecule has 5 heteroatoms. The Hall–Kier alpha value is -2.09. The number of nitriles is 1. The Morgan fingerprint density at radius 3 is 2.74 bits per heavy atom. The number of carbonyl (C=O) groups excluding carboxylic acids is 1. The molecule has 0 bridgehead atoms. The second kappa shape index (κ2) is 6.74. The maximum atomic E-state index is 13.1. The lowest BCUT2D eigenvalue weighted by Gasteiger charge is -2.28. The van der Waals surface area contributed by atoms with Gasteiger partial charge in [-0.15, -0.1) is 0 Å². The highest BCUT2D eigenvalue weighted by Crippen LogP contribution is 2.23. The van der Waals surface area contributed by atoms with E-state index >= 15 is 0 Å². The minimum absolute atomic E-state index is 0.0121. The zero-order valence-corrected chi connectivity index (χ0v) is 11.3. The average molecular weight is 264 g/mol. The Morgan fingerprint density at radius 2 is 2.21 bits per heavy atom. The van der Waals surface area contributed by atoms with Crippen molar-refractivity contribution in [2.75, 3.05) is 18.1 Å².